The van der Waals surface area contributed by atoms with E-state index in [1.807, 2.05) is 0 Å². The van der Waals surface area contributed by atoms with E-state index in [1.54, 1.807) is 0 Å². The van der Waals surface area contributed by atoms with E-state index in [1.165, 1.54) is 36.4 Å². The van der Waals surface area contributed by atoms with Crippen LogP contribution < -0.4 is 0 Å². The summed E-state index contributed by atoms with van der Waals surface area (Å²) in [5, 5.41) is 19.4. The van der Waals surface area contributed by atoms with Crippen LogP contribution in [0.25, 0.3) is 0 Å². The van der Waals surface area contributed by atoms with Gasteiger partial charge in [0.05, 0.1) is 10.5 Å². The van der Waals surface area contributed by atoms with Gasteiger partial charge >= 0.3 is 5.97 Å². The Labute approximate surface area is 117 Å². The number of hydrogen-bond acceptors (Lipinski definition) is 4. The number of aromatic carboxylic acids is 1. The monoisotopic (exact) mass is 293 g/mol. The van der Waals surface area contributed by atoms with Crippen molar-refractivity contribution in [3.63, 3.8) is 0 Å². The van der Waals surface area contributed by atoms with Crippen molar-refractivity contribution in [1.82, 2.24) is 0 Å². The number of hydrogen-bond donors (Lipinski definition) is 1. The highest BCUT2D eigenvalue weighted by atomic mass is 32.2. The Morgan fingerprint density at radius 2 is 1.85 bits per heavy atom. The summed E-state index contributed by atoms with van der Waals surface area (Å²) in [6.45, 7) is 0. The SMILES string of the molecule is O=C(O)c1ccc(F)c(Sc2ccc([N+](=O)[O-])cc2)c1. The zero-order valence-electron chi connectivity index (χ0n) is 9.95. The normalized spacial score (nSPS) is 10.2. The fourth-order valence-corrected chi connectivity index (χ4v) is 2.36. The highest BCUT2D eigenvalue weighted by Gasteiger charge is 2.11. The Morgan fingerprint density at radius 1 is 1.20 bits per heavy atom. The van der Waals surface area contributed by atoms with Crippen molar-refractivity contribution in [2.45, 2.75) is 9.79 Å². The lowest BCUT2D eigenvalue weighted by Gasteiger charge is -2.04. The van der Waals surface area contributed by atoms with Crippen LogP contribution in [0.2, 0.25) is 0 Å². The molecule has 0 amide bonds. The number of carbonyl (C=O) groups is 1. The van der Waals surface area contributed by atoms with Crippen LogP contribution in [-0.2, 0) is 0 Å². The molecule has 0 unspecified atom stereocenters. The van der Waals surface area contributed by atoms with Crippen LogP contribution in [0, 0.1) is 15.9 Å². The van der Waals surface area contributed by atoms with E-state index in [-0.39, 0.29) is 16.1 Å². The smallest absolute Gasteiger partial charge is 0.335 e. The van der Waals surface area contributed by atoms with Crippen molar-refractivity contribution < 1.29 is 19.2 Å². The lowest BCUT2D eigenvalue weighted by molar-refractivity contribution is -0.384. The molecular weight excluding hydrogens is 285 g/mol. The van der Waals surface area contributed by atoms with Gasteiger partial charge in [-0.2, -0.15) is 0 Å². The molecule has 0 saturated heterocycles. The molecule has 0 aromatic heterocycles. The number of nitrogens with zero attached hydrogens (tertiary/aromatic N) is 1. The van der Waals surface area contributed by atoms with Gasteiger partial charge in [0, 0.05) is 21.9 Å². The summed E-state index contributed by atoms with van der Waals surface area (Å²) in [5.41, 5.74) is -0.0788. The highest BCUT2D eigenvalue weighted by molar-refractivity contribution is 7.99. The lowest BCUT2D eigenvalue weighted by atomic mass is 10.2. The predicted molar refractivity (Wildman–Crippen MR) is 70.6 cm³/mol. The standard InChI is InChI=1S/C13H8FNO4S/c14-11-6-1-8(13(16)17)7-12(11)20-10-4-2-9(3-5-10)15(18)19/h1-7H,(H,16,17). The first-order valence-corrected chi connectivity index (χ1v) is 6.24. The fourth-order valence-electron chi connectivity index (χ4n) is 1.48. The van der Waals surface area contributed by atoms with Gasteiger partial charge in [0.15, 0.2) is 0 Å². The number of non-ortho nitro benzene ring substituents is 1. The van der Waals surface area contributed by atoms with Crippen molar-refractivity contribution >= 4 is 23.4 Å². The van der Waals surface area contributed by atoms with Gasteiger partial charge in [-0.1, -0.05) is 11.8 Å². The molecular formula is C13H8FNO4S. The quantitative estimate of drug-likeness (QED) is 0.688. The van der Waals surface area contributed by atoms with E-state index in [0.29, 0.717) is 4.90 Å². The van der Waals surface area contributed by atoms with Crippen LogP contribution in [0.5, 0.6) is 0 Å². The molecule has 2 aromatic carbocycles. The molecule has 0 saturated carbocycles. The molecule has 0 aliphatic heterocycles. The Hall–Kier alpha value is -2.41. The van der Waals surface area contributed by atoms with Crippen molar-refractivity contribution in [3.05, 3.63) is 64.0 Å². The fraction of sp³-hybridized carbons (Fsp3) is 0. The minimum Gasteiger partial charge on any atom is -0.478 e. The van der Waals surface area contributed by atoms with Gasteiger partial charge in [-0.15, -0.1) is 0 Å². The van der Waals surface area contributed by atoms with Crippen LogP contribution in [0.4, 0.5) is 10.1 Å². The second-order valence-corrected chi connectivity index (χ2v) is 4.92. The van der Waals surface area contributed by atoms with Crippen molar-refractivity contribution in [2.75, 3.05) is 0 Å². The van der Waals surface area contributed by atoms with Crippen molar-refractivity contribution in [1.29, 1.82) is 0 Å². The maximum atomic E-state index is 13.6. The molecule has 2 rings (SSSR count). The second kappa shape index (κ2) is 5.70. The van der Waals surface area contributed by atoms with Gasteiger partial charge in [0.25, 0.3) is 5.69 Å². The number of benzene rings is 2. The summed E-state index contributed by atoms with van der Waals surface area (Å²) < 4.78 is 13.6. The summed E-state index contributed by atoms with van der Waals surface area (Å²) in [4.78, 5) is 21.6. The van der Waals surface area contributed by atoms with Gasteiger partial charge in [0.2, 0.25) is 0 Å². The minimum atomic E-state index is -1.14. The summed E-state index contributed by atoms with van der Waals surface area (Å²) in [6, 6.07) is 9.06. The van der Waals surface area contributed by atoms with Crippen molar-refractivity contribution in [2.24, 2.45) is 0 Å². The highest BCUT2D eigenvalue weighted by Crippen LogP contribution is 2.31. The molecule has 0 spiro atoms. The maximum Gasteiger partial charge on any atom is 0.335 e. The minimum absolute atomic E-state index is 0.0178. The second-order valence-electron chi connectivity index (χ2n) is 3.80. The molecule has 5 nitrogen and oxygen atoms in total. The Bertz CT molecular complexity index is 673. The van der Waals surface area contributed by atoms with Crippen LogP contribution in [0.1, 0.15) is 10.4 Å². The van der Waals surface area contributed by atoms with Gasteiger partial charge in [0.1, 0.15) is 5.82 Å². The summed E-state index contributed by atoms with van der Waals surface area (Å²) in [6.07, 6.45) is 0. The Balaban J connectivity index is 2.27. The molecule has 0 atom stereocenters. The molecule has 7 heteroatoms. The van der Waals surface area contributed by atoms with E-state index >= 15 is 0 Å². The zero-order valence-corrected chi connectivity index (χ0v) is 10.8. The lowest BCUT2D eigenvalue weighted by Crippen LogP contribution is -1.97. The molecule has 102 valence electrons. The average molecular weight is 293 g/mol. The number of nitro benzene ring substituents is 1. The van der Waals surface area contributed by atoms with Gasteiger partial charge in [-0.25, -0.2) is 9.18 Å². The summed E-state index contributed by atoms with van der Waals surface area (Å²) in [7, 11) is 0. The van der Waals surface area contributed by atoms with Gasteiger partial charge < -0.3 is 5.11 Å². The molecule has 0 aliphatic carbocycles. The summed E-state index contributed by atoms with van der Waals surface area (Å²) >= 11 is 1.01. The molecule has 0 fully saturated rings. The maximum absolute atomic E-state index is 13.6. The number of carboxylic acids is 1. The zero-order chi connectivity index (χ0) is 14.7. The molecule has 1 N–H and O–H groups in total. The molecule has 2 aromatic rings. The molecule has 0 bridgehead atoms. The van der Waals surface area contributed by atoms with Gasteiger partial charge in [-0.3, -0.25) is 10.1 Å². The molecule has 0 heterocycles. The first-order valence-electron chi connectivity index (χ1n) is 5.42. The third-order valence-electron chi connectivity index (χ3n) is 2.45. The van der Waals surface area contributed by atoms with E-state index < -0.39 is 16.7 Å². The number of rotatable bonds is 4. The summed E-state index contributed by atoms with van der Waals surface area (Å²) in [5.74, 6) is -1.69. The first kappa shape index (κ1) is 14.0. The largest absolute Gasteiger partial charge is 0.478 e. The van der Waals surface area contributed by atoms with E-state index in [9.17, 15) is 19.3 Å². The first-order chi connectivity index (χ1) is 9.47. The van der Waals surface area contributed by atoms with E-state index in [0.717, 1.165) is 17.8 Å². The van der Waals surface area contributed by atoms with E-state index in [4.69, 9.17) is 5.11 Å². The Morgan fingerprint density at radius 3 is 2.40 bits per heavy atom. The third kappa shape index (κ3) is 3.12. The number of carboxylic acid groups (broad SMARTS) is 1. The Kier molecular flexibility index (Phi) is 3.99. The topological polar surface area (TPSA) is 80.4 Å². The predicted octanol–water partition coefficient (Wildman–Crippen LogP) is 3.58. The van der Waals surface area contributed by atoms with Crippen LogP contribution in [0.3, 0.4) is 0 Å². The number of nitro groups is 1. The van der Waals surface area contributed by atoms with Crippen LogP contribution >= 0.6 is 11.8 Å². The average Bonchev–Trinajstić information content (AvgIpc) is 2.41. The van der Waals surface area contributed by atoms with Crippen LogP contribution in [-0.4, -0.2) is 16.0 Å². The van der Waals surface area contributed by atoms with E-state index in [2.05, 4.69) is 0 Å². The number of halogens is 1. The van der Waals surface area contributed by atoms with Crippen LogP contribution in [0.15, 0.2) is 52.3 Å². The molecule has 0 aliphatic rings. The van der Waals surface area contributed by atoms with Crippen molar-refractivity contribution in [3.8, 4) is 0 Å². The molecule has 20 heavy (non-hydrogen) atoms. The molecule has 0 radical (unpaired) electrons. The van der Waals surface area contributed by atoms with Gasteiger partial charge in [-0.05, 0) is 30.3 Å². The third-order valence-corrected chi connectivity index (χ3v) is 3.49.